The number of carboxylic acids is 2. The van der Waals surface area contributed by atoms with Crippen LogP contribution in [0.25, 0.3) is 16.3 Å². The van der Waals surface area contributed by atoms with E-state index in [2.05, 4.69) is 0 Å². The van der Waals surface area contributed by atoms with E-state index in [0.717, 1.165) is 10.8 Å². The largest absolute Gasteiger partial charge is 0.480 e. The van der Waals surface area contributed by atoms with E-state index < -0.39 is 17.4 Å². The third-order valence-corrected chi connectivity index (χ3v) is 3.46. The highest BCUT2D eigenvalue weighted by Crippen LogP contribution is 2.52. The molecule has 0 heterocycles. The normalized spacial score (nSPS) is 15.9. The lowest BCUT2D eigenvalue weighted by atomic mass is 9.93. The third-order valence-electron chi connectivity index (χ3n) is 3.46. The summed E-state index contributed by atoms with van der Waals surface area (Å²) in [4.78, 5) is 22.4. The minimum absolute atomic E-state index is 0.351. The maximum Gasteiger partial charge on any atom is 0.329 e. The Balaban J connectivity index is 2.16. The molecule has 1 aliphatic rings. The Hall–Kier alpha value is -2.62. The Labute approximate surface area is 108 Å². The number of rotatable bonds is 3. The van der Waals surface area contributed by atoms with Crippen molar-refractivity contribution in [3.63, 3.8) is 0 Å². The molecule has 0 aliphatic heterocycles. The number of aliphatic carboxylic acids is 2. The Morgan fingerprint density at radius 3 is 2.16 bits per heavy atom. The molecular weight excluding hydrogens is 244 g/mol. The van der Waals surface area contributed by atoms with Gasteiger partial charge in [-0.25, -0.2) is 0 Å². The molecule has 4 heteroatoms. The van der Waals surface area contributed by atoms with Crippen LogP contribution in [-0.4, -0.2) is 22.2 Å². The molecule has 0 radical (unpaired) electrons. The first kappa shape index (κ1) is 11.5. The monoisotopic (exact) mass is 254 g/mol. The van der Waals surface area contributed by atoms with Gasteiger partial charge in [-0.3, -0.25) is 9.59 Å². The zero-order valence-corrected chi connectivity index (χ0v) is 9.83. The van der Waals surface area contributed by atoms with Crippen LogP contribution in [0.1, 0.15) is 5.56 Å². The van der Waals surface area contributed by atoms with Gasteiger partial charge in [0.1, 0.15) is 0 Å². The molecule has 4 nitrogen and oxygen atoms in total. The molecule has 2 N–H and O–H groups in total. The van der Waals surface area contributed by atoms with Gasteiger partial charge in [0.15, 0.2) is 0 Å². The van der Waals surface area contributed by atoms with E-state index in [4.69, 9.17) is 10.2 Å². The number of carboxylic acid groups (broad SMARTS) is 2. The number of hydrogen-bond acceptors (Lipinski definition) is 2. The molecule has 19 heavy (non-hydrogen) atoms. The summed E-state index contributed by atoms with van der Waals surface area (Å²) >= 11 is 0. The highest BCUT2D eigenvalue weighted by molar-refractivity contribution is 6.23. The van der Waals surface area contributed by atoms with E-state index in [0.29, 0.717) is 11.1 Å². The summed E-state index contributed by atoms with van der Waals surface area (Å²) < 4.78 is 0. The molecular formula is C15H10O4. The van der Waals surface area contributed by atoms with Gasteiger partial charge in [0.2, 0.25) is 5.41 Å². The van der Waals surface area contributed by atoms with Crippen molar-refractivity contribution in [1.29, 1.82) is 0 Å². The molecule has 0 amide bonds. The molecule has 0 saturated heterocycles. The molecule has 0 atom stereocenters. The van der Waals surface area contributed by atoms with Crippen LogP contribution in [-0.2, 0) is 9.59 Å². The van der Waals surface area contributed by atoms with E-state index in [9.17, 15) is 9.59 Å². The van der Waals surface area contributed by atoms with Gasteiger partial charge in [-0.2, -0.15) is 0 Å². The van der Waals surface area contributed by atoms with Crippen LogP contribution in [0.3, 0.4) is 0 Å². The van der Waals surface area contributed by atoms with Crippen LogP contribution in [0, 0.1) is 5.41 Å². The van der Waals surface area contributed by atoms with E-state index in [1.165, 1.54) is 6.08 Å². The first-order chi connectivity index (χ1) is 9.07. The Morgan fingerprint density at radius 1 is 0.895 bits per heavy atom. The first-order valence-electron chi connectivity index (χ1n) is 5.75. The van der Waals surface area contributed by atoms with Gasteiger partial charge >= 0.3 is 11.9 Å². The van der Waals surface area contributed by atoms with Crippen LogP contribution in [0.4, 0.5) is 0 Å². The minimum Gasteiger partial charge on any atom is -0.480 e. The Bertz CT molecular complexity index is 723. The van der Waals surface area contributed by atoms with Crippen molar-refractivity contribution in [3.8, 4) is 0 Å². The topological polar surface area (TPSA) is 74.6 Å². The first-order valence-corrected chi connectivity index (χ1v) is 5.75. The van der Waals surface area contributed by atoms with Crippen LogP contribution in [0.15, 0.2) is 48.5 Å². The van der Waals surface area contributed by atoms with Gasteiger partial charge in [0.05, 0.1) is 0 Å². The lowest BCUT2D eigenvalue weighted by Gasteiger charge is -2.10. The molecule has 1 aliphatic carbocycles. The van der Waals surface area contributed by atoms with E-state index in [-0.39, 0.29) is 0 Å². The molecule has 94 valence electrons. The van der Waals surface area contributed by atoms with E-state index in [1.807, 2.05) is 30.3 Å². The second kappa shape index (κ2) is 3.68. The van der Waals surface area contributed by atoms with Crippen LogP contribution < -0.4 is 0 Å². The third kappa shape index (κ3) is 1.46. The number of carbonyl (C=O) groups is 2. The van der Waals surface area contributed by atoms with Crippen molar-refractivity contribution in [2.75, 3.05) is 0 Å². The van der Waals surface area contributed by atoms with Crippen LogP contribution in [0.2, 0.25) is 0 Å². The summed E-state index contributed by atoms with van der Waals surface area (Å²) in [5, 5.41) is 20.1. The summed E-state index contributed by atoms with van der Waals surface area (Å²) in [6.07, 6.45) is 1.29. The molecule has 0 unspecified atom stereocenters. The molecule has 0 saturated carbocycles. The zero-order valence-electron chi connectivity index (χ0n) is 9.83. The maximum absolute atomic E-state index is 11.2. The molecule has 2 aromatic carbocycles. The van der Waals surface area contributed by atoms with Crippen molar-refractivity contribution in [2.45, 2.75) is 0 Å². The predicted octanol–water partition coefficient (Wildman–Crippen LogP) is 2.39. The van der Waals surface area contributed by atoms with E-state index in [1.54, 1.807) is 12.1 Å². The van der Waals surface area contributed by atoms with Gasteiger partial charge in [-0.05, 0) is 28.0 Å². The summed E-state index contributed by atoms with van der Waals surface area (Å²) in [6.45, 7) is 0. The van der Waals surface area contributed by atoms with Gasteiger partial charge in [0, 0.05) is 0 Å². The fourth-order valence-corrected chi connectivity index (χ4v) is 2.38. The fourth-order valence-electron chi connectivity index (χ4n) is 2.38. The van der Waals surface area contributed by atoms with Crippen molar-refractivity contribution in [2.24, 2.45) is 5.41 Å². The van der Waals surface area contributed by atoms with Gasteiger partial charge in [0.25, 0.3) is 0 Å². The molecule has 0 spiro atoms. The average Bonchev–Trinajstić information content (AvgIpc) is 3.15. The Kier molecular flexibility index (Phi) is 2.22. The molecule has 3 rings (SSSR count). The zero-order chi connectivity index (χ0) is 13.6. The second-order valence-electron chi connectivity index (χ2n) is 4.50. The van der Waals surface area contributed by atoms with Gasteiger partial charge in [-0.1, -0.05) is 42.5 Å². The highest BCUT2D eigenvalue weighted by Gasteiger charge is 2.59. The molecule has 0 bridgehead atoms. The fraction of sp³-hybridized carbons (Fsp3) is 0.0667. The smallest absolute Gasteiger partial charge is 0.329 e. The van der Waals surface area contributed by atoms with Crippen LogP contribution >= 0.6 is 0 Å². The van der Waals surface area contributed by atoms with Crippen LogP contribution in [0.5, 0.6) is 0 Å². The molecule has 0 aromatic heterocycles. The SMILES string of the molecule is O=C(O)C1(C(=O)O)C=C1c1cccc2ccccc12. The summed E-state index contributed by atoms with van der Waals surface area (Å²) in [6, 6.07) is 13.0. The van der Waals surface area contributed by atoms with E-state index >= 15 is 0 Å². The number of benzene rings is 2. The Morgan fingerprint density at radius 2 is 1.53 bits per heavy atom. The summed E-state index contributed by atoms with van der Waals surface area (Å²) in [5.74, 6) is -2.69. The highest BCUT2D eigenvalue weighted by atomic mass is 16.4. The van der Waals surface area contributed by atoms with Crippen molar-refractivity contribution in [1.82, 2.24) is 0 Å². The standard InChI is InChI=1S/C15H10O4/c16-13(17)15(14(18)19)8-12(15)11-7-3-5-9-4-1-2-6-10(9)11/h1-8H,(H,16,17)(H,18,19). The maximum atomic E-state index is 11.2. The van der Waals surface area contributed by atoms with Crippen molar-refractivity contribution < 1.29 is 19.8 Å². The van der Waals surface area contributed by atoms with Gasteiger partial charge < -0.3 is 10.2 Å². The molecule has 0 fully saturated rings. The lowest BCUT2D eigenvalue weighted by Crippen LogP contribution is -2.28. The lowest BCUT2D eigenvalue weighted by molar-refractivity contribution is -0.154. The summed E-state index contributed by atoms with van der Waals surface area (Å²) in [7, 11) is 0. The average molecular weight is 254 g/mol. The van der Waals surface area contributed by atoms with Gasteiger partial charge in [-0.15, -0.1) is 0 Å². The summed E-state index contributed by atoms with van der Waals surface area (Å²) in [5.41, 5.74) is -0.836. The predicted molar refractivity (Wildman–Crippen MR) is 69.6 cm³/mol. The molecule has 2 aromatic rings. The quantitative estimate of drug-likeness (QED) is 0.825. The second-order valence-corrected chi connectivity index (χ2v) is 4.50. The van der Waals surface area contributed by atoms with Crippen molar-refractivity contribution in [3.05, 3.63) is 54.1 Å². The number of hydrogen-bond donors (Lipinski definition) is 2. The minimum atomic E-state index is -1.86. The number of fused-ring (bicyclic) bond motifs is 1. The van der Waals surface area contributed by atoms with Crippen molar-refractivity contribution >= 4 is 28.3 Å².